The molecule has 36 heavy (non-hydrogen) atoms. The summed E-state index contributed by atoms with van der Waals surface area (Å²) in [5.74, 6) is -1.78. The molecule has 0 aliphatic carbocycles. The van der Waals surface area contributed by atoms with Crippen molar-refractivity contribution in [2.24, 2.45) is 0 Å². The minimum absolute atomic E-state index is 0.131. The average Bonchev–Trinajstić information content (AvgIpc) is 2.80. The molecule has 0 saturated carbocycles. The number of likely N-dealkylation sites (N-methyl/N-ethyl adjacent to an activating group) is 1. The Bertz CT molecular complexity index is 967. The van der Waals surface area contributed by atoms with Gasteiger partial charge in [-0.2, -0.15) is 0 Å². The molecule has 0 fully saturated rings. The molecular formula is C28H40F2N2O3S. The highest BCUT2D eigenvalue weighted by Gasteiger charge is 2.20. The highest BCUT2D eigenvalue weighted by atomic mass is 32.2. The summed E-state index contributed by atoms with van der Waals surface area (Å²) in [6, 6.07) is 10.2. The van der Waals surface area contributed by atoms with Crippen LogP contribution < -0.4 is 5.32 Å². The summed E-state index contributed by atoms with van der Waals surface area (Å²) in [6.07, 6.45) is 3.53. The van der Waals surface area contributed by atoms with Crippen LogP contribution >= 0.6 is 11.9 Å². The first kappa shape index (κ1) is 30.2. The number of hydrogen-bond donors (Lipinski definition) is 3. The normalized spacial score (nSPS) is 12.8. The standard InChI is InChI=1S/C28H40F2N2O3S/c1-5-21-17-20(9-6-13-27(34)35)14-15-26(21)36-32(4)19-22(33)18-31-28(2,3)16-8-10-23-24(29)11-7-12-25(23)30/h7,11-12,14-15,17,22,31,33H,5-6,8-10,13,16,18-19H2,1-4H3,(H,34,35)/t22-/m1/s1. The van der Waals surface area contributed by atoms with Crippen LogP contribution in [0.15, 0.2) is 41.3 Å². The van der Waals surface area contributed by atoms with E-state index in [9.17, 15) is 18.7 Å². The number of nitrogens with one attached hydrogen (secondary N) is 1. The van der Waals surface area contributed by atoms with Crippen molar-refractivity contribution < 1.29 is 23.8 Å². The average molecular weight is 523 g/mol. The van der Waals surface area contributed by atoms with E-state index >= 15 is 0 Å². The molecule has 1 atom stereocenters. The lowest BCUT2D eigenvalue weighted by molar-refractivity contribution is -0.137. The number of carboxylic acid groups (broad SMARTS) is 1. The first-order chi connectivity index (χ1) is 17.0. The minimum atomic E-state index is -0.770. The molecule has 0 aliphatic rings. The second kappa shape index (κ2) is 14.7. The van der Waals surface area contributed by atoms with Gasteiger partial charge in [-0.25, -0.2) is 13.1 Å². The highest BCUT2D eigenvalue weighted by Crippen LogP contribution is 2.27. The van der Waals surface area contributed by atoms with Crippen LogP contribution in [0.4, 0.5) is 8.78 Å². The van der Waals surface area contributed by atoms with E-state index in [0.717, 1.165) is 29.7 Å². The molecule has 2 aromatic rings. The quantitative estimate of drug-likeness (QED) is 0.248. The number of aliphatic hydroxyl groups excluding tert-OH is 1. The van der Waals surface area contributed by atoms with Crippen LogP contribution in [0.2, 0.25) is 0 Å². The zero-order chi connectivity index (χ0) is 26.7. The van der Waals surface area contributed by atoms with Gasteiger partial charge in [0, 0.05) is 35.5 Å². The number of carboxylic acids is 1. The van der Waals surface area contributed by atoms with Crippen LogP contribution in [0.3, 0.4) is 0 Å². The van der Waals surface area contributed by atoms with Crippen LogP contribution in [-0.4, -0.2) is 52.3 Å². The fourth-order valence-corrected chi connectivity index (χ4v) is 5.16. The maximum atomic E-state index is 13.8. The number of aryl methyl sites for hydroxylation is 2. The monoisotopic (exact) mass is 522 g/mol. The van der Waals surface area contributed by atoms with Gasteiger partial charge in [0.2, 0.25) is 0 Å². The van der Waals surface area contributed by atoms with Crippen molar-refractivity contribution in [1.82, 2.24) is 9.62 Å². The molecule has 0 radical (unpaired) electrons. The Morgan fingerprint density at radius 3 is 2.47 bits per heavy atom. The molecule has 8 heteroatoms. The van der Waals surface area contributed by atoms with E-state index in [1.165, 1.54) is 23.8 Å². The molecule has 0 bridgehead atoms. The molecule has 0 aliphatic heterocycles. The summed E-state index contributed by atoms with van der Waals surface area (Å²) >= 11 is 1.59. The van der Waals surface area contributed by atoms with Gasteiger partial charge in [0.15, 0.2) is 0 Å². The first-order valence-electron chi connectivity index (χ1n) is 12.6. The summed E-state index contributed by atoms with van der Waals surface area (Å²) < 4.78 is 29.7. The van der Waals surface area contributed by atoms with Gasteiger partial charge in [-0.3, -0.25) is 4.79 Å². The second-order valence-corrected chi connectivity index (χ2v) is 11.2. The summed E-state index contributed by atoms with van der Waals surface area (Å²) in [5, 5.41) is 22.8. The smallest absolute Gasteiger partial charge is 0.303 e. The molecule has 0 heterocycles. The van der Waals surface area contributed by atoms with E-state index in [4.69, 9.17) is 5.11 Å². The number of β-amino-alcohol motifs (C(OH)–C–C–N with tert-alkyl or cyclic N) is 1. The van der Waals surface area contributed by atoms with Crippen LogP contribution in [0, 0.1) is 11.6 Å². The fraction of sp³-hybridized carbons (Fsp3) is 0.536. The van der Waals surface area contributed by atoms with Gasteiger partial charge in [0.1, 0.15) is 11.6 Å². The van der Waals surface area contributed by atoms with Crippen LogP contribution in [0.25, 0.3) is 0 Å². The molecule has 0 spiro atoms. The number of carbonyl (C=O) groups is 1. The van der Waals surface area contributed by atoms with Crippen LogP contribution in [0.1, 0.15) is 63.1 Å². The Morgan fingerprint density at radius 2 is 1.83 bits per heavy atom. The third-order valence-electron chi connectivity index (χ3n) is 6.19. The number of hydrogen-bond acceptors (Lipinski definition) is 5. The second-order valence-electron chi connectivity index (χ2n) is 9.92. The molecule has 2 aromatic carbocycles. The predicted octanol–water partition coefficient (Wildman–Crippen LogP) is 5.63. The zero-order valence-electron chi connectivity index (χ0n) is 21.8. The van der Waals surface area contributed by atoms with Crippen molar-refractivity contribution in [3.8, 4) is 0 Å². The number of aliphatic hydroxyl groups is 1. The van der Waals surface area contributed by atoms with Gasteiger partial charge in [-0.1, -0.05) is 25.1 Å². The lowest BCUT2D eigenvalue weighted by atomic mass is 9.95. The Morgan fingerprint density at radius 1 is 1.14 bits per heavy atom. The Hall–Kier alpha value is -2.00. The van der Waals surface area contributed by atoms with E-state index in [-0.39, 0.29) is 17.5 Å². The molecule has 3 N–H and O–H groups in total. The number of aliphatic carboxylic acids is 1. The van der Waals surface area contributed by atoms with Gasteiger partial charge in [-0.15, -0.1) is 0 Å². The SMILES string of the molecule is CCc1cc(CCCC(=O)O)ccc1SN(C)C[C@H](O)CNC(C)(C)CCCc1c(F)cccc1F. The third-order valence-corrected chi connectivity index (χ3v) is 7.25. The fourth-order valence-electron chi connectivity index (χ4n) is 4.12. The maximum Gasteiger partial charge on any atom is 0.303 e. The lowest BCUT2D eigenvalue weighted by Gasteiger charge is -2.29. The number of halogens is 2. The number of benzene rings is 2. The molecular weight excluding hydrogens is 482 g/mol. The topological polar surface area (TPSA) is 72.8 Å². The summed E-state index contributed by atoms with van der Waals surface area (Å²) in [6.45, 7) is 7.04. The van der Waals surface area contributed by atoms with Crippen molar-refractivity contribution in [2.45, 2.75) is 82.3 Å². The van der Waals surface area contributed by atoms with Gasteiger partial charge in [0.05, 0.1) is 6.10 Å². The van der Waals surface area contributed by atoms with Gasteiger partial charge >= 0.3 is 5.97 Å². The van der Waals surface area contributed by atoms with Crippen LogP contribution in [0.5, 0.6) is 0 Å². The van der Waals surface area contributed by atoms with E-state index in [0.29, 0.717) is 32.4 Å². The van der Waals surface area contributed by atoms with Crippen molar-refractivity contribution in [1.29, 1.82) is 0 Å². The van der Waals surface area contributed by atoms with E-state index in [2.05, 4.69) is 24.4 Å². The maximum absolute atomic E-state index is 13.8. The van der Waals surface area contributed by atoms with E-state index in [1.54, 1.807) is 11.9 Å². The summed E-state index contributed by atoms with van der Waals surface area (Å²) in [5.41, 5.74) is 2.20. The highest BCUT2D eigenvalue weighted by molar-refractivity contribution is 7.97. The van der Waals surface area contributed by atoms with Crippen molar-refractivity contribution in [2.75, 3.05) is 20.1 Å². The molecule has 5 nitrogen and oxygen atoms in total. The van der Waals surface area contributed by atoms with Gasteiger partial charge in [-0.05, 0) is 101 Å². The molecule has 0 unspecified atom stereocenters. The van der Waals surface area contributed by atoms with E-state index < -0.39 is 23.7 Å². The van der Waals surface area contributed by atoms with Crippen molar-refractivity contribution in [3.05, 3.63) is 64.7 Å². The molecule has 0 saturated heterocycles. The molecule has 200 valence electrons. The van der Waals surface area contributed by atoms with E-state index in [1.807, 2.05) is 31.3 Å². The van der Waals surface area contributed by atoms with Gasteiger partial charge < -0.3 is 15.5 Å². The lowest BCUT2D eigenvalue weighted by Crippen LogP contribution is -2.45. The molecule has 0 amide bonds. The van der Waals surface area contributed by atoms with Crippen molar-refractivity contribution in [3.63, 3.8) is 0 Å². The molecule has 2 rings (SSSR count). The third kappa shape index (κ3) is 10.5. The minimum Gasteiger partial charge on any atom is -0.481 e. The molecule has 0 aromatic heterocycles. The Labute approximate surface area is 218 Å². The van der Waals surface area contributed by atoms with Gasteiger partial charge in [0.25, 0.3) is 0 Å². The van der Waals surface area contributed by atoms with Crippen LogP contribution in [-0.2, 0) is 24.1 Å². The predicted molar refractivity (Wildman–Crippen MR) is 142 cm³/mol. The first-order valence-corrected chi connectivity index (χ1v) is 13.4. The number of rotatable bonds is 16. The largest absolute Gasteiger partial charge is 0.481 e. The zero-order valence-corrected chi connectivity index (χ0v) is 22.6. The summed E-state index contributed by atoms with van der Waals surface area (Å²) in [4.78, 5) is 11.9. The van der Waals surface area contributed by atoms with Crippen molar-refractivity contribution >= 4 is 17.9 Å². The number of nitrogens with zero attached hydrogens (tertiary/aromatic N) is 1. The Kier molecular flexibility index (Phi) is 12.3. The Balaban J connectivity index is 1.78. The summed E-state index contributed by atoms with van der Waals surface area (Å²) in [7, 11) is 1.95.